The quantitative estimate of drug-likeness (QED) is 0.879. The highest BCUT2D eigenvalue weighted by molar-refractivity contribution is 6.36. The largest absolute Gasteiger partial charge is 0.481 e. The zero-order valence-corrected chi connectivity index (χ0v) is 11.7. The smallest absolute Gasteiger partial charge is 0.310 e. The van der Waals surface area contributed by atoms with E-state index < -0.39 is 11.9 Å². The standard InChI is InChI=1S/C15H12Cl2O2/c1-9(15(18)19)10-6-7-12(14(17)8-10)11-4-2-3-5-13(11)16/h2-9H,1H3,(H,18,19). The van der Waals surface area contributed by atoms with Gasteiger partial charge in [-0.15, -0.1) is 0 Å². The van der Waals surface area contributed by atoms with E-state index in [-0.39, 0.29) is 0 Å². The van der Waals surface area contributed by atoms with E-state index >= 15 is 0 Å². The minimum Gasteiger partial charge on any atom is -0.481 e. The van der Waals surface area contributed by atoms with Crippen LogP contribution < -0.4 is 0 Å². The number of rotatable bonds is 3. The minimum atomic E-state index is -0.874. The molecule has 2 nitrogen and oxygen atoms in total. The molecule has 1 atom stereocenters. The molecule has 2 aromatic rings. The van der Waals surface area contributed by atoms with Crippen molar-refractivity contribution in [3.05, 3.63) is 58.1 Å². The summed E-state index contributed by atoms with van der Waals surface area (Å²) in [5.74, 6) is -1.46. The van der Waals surface area contributed by atoms with Gasteiger partial charge >= 0.3 is 5.97 Å². The number of carbonyl (C=O) groups is 1. The molecule has 0 heterocycles. The molecule has 0 aliphatic heterocycles. The summed E-state index contributed by atoms with van der Waals surface area (Å²) < 4.78 is 0. The predicted molar refractivity (Wildman–Crippen MR) is 77.9 cm³/mol. The van der Waals surface area contributed by atoms with Crippen molar-refractivity contribution in [2.75, 3.05) is 0 Å². The van der Waals surface area contributed by atoms with Crippen molar-refractivity contribution in [3.63, 3.8) is 0 Å². The molecule has 0 amide bonds. The van der Waals surface area contributed by atoms with Crippen LogP contribution in [0.2, 0.25) is 10.0 Å². The third kappa shape index (κ3) is 2.91. The lowest BCUT2D eigenvalue weighted by Crippen LogP contribution is -2.07. The fraction of sp³-hybridized carbons (Fsp3) is 0.133. The maximum Gasteiger partial charge on any atom is 0.310 e. The van der Waals surface area contributed by atoms with Crippen molar-refractivity contribution >= 4 is 29.2 Å². The SMILES string of the molecule is CC(C(=O)O)c1ccc(-c2ccccc2Cl)c(Cl)c1. The van der Waals surface area contributed by atoms with Gasteiger partial charge in [-0.2, -0.15) is 0 Å². The van der Waals surface area contributed by atoms with Crippen LogP contribution in [0.15, 0.2) is 42.5 Å². The summed E-state index contributed by atoms with van der Waals surface area (Å²) in [7, 11) is 0. The molecule has 98 valence electrons. The van der Waals surface area contributed by atoms with Gasteiger partial charge in [-0.1, -0.05) is 53.5 Å². The zero-order chi connectivity index (χ0) is 14.0. The zero-order valence-electron chi connectivity index (χ0n) is 10.2. The van der Waals surface area contributed by atoms with Crippen LogP contribution in [-0.4, -0.2) is 11.1 Å². The second kappa shape index (κ2) is 5.64. The summed E-state index contributed by atoms with van der Waals surface area (Å²) in [6.45, 7) is 1.63. The van der Waals surface area contributed by atoms with Crippen molar-refractivity contribution in [2.45, 2.75) is 12.8 Å². The lowest BCUT2D eigenvalue weighted by atomic mass is 9.97. The van der Waals surface area contributed by atoms with Crippen molar-refractivity contribution in [1.29, 1.82) is 0 Å². The minimum absolute atomic E-state index is 0.499. The molecular formula is C15H12Cl2O2. The molecule has 0 fully saturated rings. The van der Waals surface area contributed by atoms with Gasteiger partial charge in [0.05, 0.1) is 5.92 Å². The topological polar surface area (TPSA) is 37.3 Å². The number of hydrogen-bond donors (Lipinski definition) is 1. The molecule has 4 heteroatoms. The van der Waals surface area contributed by atoms with Crippen LogP contribution in [0.1, 0.15) is 18.4 Å². The first-order chi connectivity index (χ1) is 9.00. The summed E-state index contributed by atoms with van der Waals surface area (Å²) in [6.07, 6.45) is 0. The monoisotopic (exact) mass is 294 g/mol. The van der Waals surface area contributed by atoms with Crippen molar-refractivity contribution in [3.8, 4) is 11.1 Å². The second-order valence-electron chi connectivity index (χ2n) is 4.28. The highest BCUT2D eigenvalue weighted by Crippen LogP contribution is 2.34. The van der Waals surface area contributed by atoms with Crippen LogP contribution in [0.5, 0.6) is 0 Å². The Bertz CT molecular complexity index is 623. The van der Waals surface area contributed by atoms with E-state index in [1.54, 1.807) is 31.2 Å². The van der Waals surface area contributed by atoms with Crippen LogP contribution in [-0.2, 0) is 4.79 Å². The van der Waals surface area contributed by atoms with Gasteiger partial charge in [0.15, 0.2) is 0 Å². The van der Waals surface area contributed by atoms with E-state index in [9.17, 15) is 4.79 Å². The Morgan fingerprint density at radius 1 is 1.05 bits per heavy atom. The molecule has 0 saturated carbocycles. The molecule has 0 spiro atoms. The van der Waals surface area contributed by atoms with Gasteiger partial charge in [0.25, 0.3) is 0 Å². The summed E-state index contributed by atoms with van der Waals surface area (Å²) in [5.41, 5.74) is 2.31. The van der Waals surface area contributed by atoms with Gasteiger partial charge < -0.3 is 5.11 Å². The molecule has 0 aliphatic carbocycles. The van der Waals surface area contributed by atoms with Gasteiger partial charge in [-0.25, -0.2) is 0 Å². The lowest BCUT2D eigenvalue weighted by Gasteiger charge is -2.11. The molecule has 19 heavy (non-hydrogen) atoms. The Balaban J connectivity index is 2.46. The fourth-order valence-electron chi connectivity index (χ4n) is 1.84. The summed E-state index contributed by atoms with van der Waals surface area (Å²) in [5, 5.41) is 10.1. The molecule has 1 unspecified atom stereocenters. The summed E-state index contributed by atoms with van der Waals surface area (Å²) in [4.78, 5) is 11.0. The molecule has 0 aliphatic rings. The van der Waals surface area contributed by atoms with Gasteiger partial charge in [0.1, 0.15) is 0 Å². The Labute approximate surface area is 121 Å². The third-order valence-corrected chi connectivity index (χ3v) is 3.67. The molecule has 0 aromatic heterocycles. The highest BCUT2D eigenvalue weighted by Gasteiger charge is 2.15. The van der Waals surface area contributed by atoms with Crippen LogP contribution in [0, 0.1) is 0 Å². The highest BCUT2D eigenvalue weighted by atomic mass is 35.5. The number of benzene rings is 2. The predicted octanol–water partition coefficient (Wildman–Crippen LogP) is 4.85. The summed E-state index contributed by atoms with van der Waals surface area (Å²) >= 11 is 12.4. The van der Waals surface area contributed by atoms with Gasteiger partial charge in [-0.3, -0.25) is 4.79 Å². The van der Waals surface area contributed by atoms with Crippen LogP contribution in [0.25, 0.3) is 11.1 Å². The van der Waals surface area contributed by atoms with E-state index in [1.807, 2.05) is 18.2 Å². The Morgan fingerprint density at radius 3 is 2.26 bits per heavy atom. The van der Waals surface area contributed by atoms with E-state index in [0.29, 0.717) is 15.6 Å². The molecular weight excluding hydrogens is 283 g/mol. The van der Waals surface area contributed by atoms with E-state index in [4.69, 9.17) is 28.3 Å². The van der Waals surface area contributed by atoms with Crippen molar-refractivity contribution in [1.82, 2.24) is 0 Å². The van der Waals surface area contributed by atoms with E-state index in [0.717, 1.165) is 11.1 Å². The van der Waals surface area contributed by atoms with Crippen LogP contribution in [0.4, 0.5) is 0 Å². The fourth-order valence-corrected chi connectivity index (χ4v) is 2.37. The Kier molecular flexibility index (Phi) is 4.13. The second-order valence-corrected chi connectivity index (χ2v) is 5.09. The average molecular weight is 295 g/mol. The van der Waals surface area contributed by atoms with Gasteiger partial charge in [0, 0.05) is 21.2 Å². The maximum absolute atomic E-state index is 11.0. The van der Waals surface area contributed by atoms with Crippen molar-refractivity contribution in [2.24, 2.45) is 0 Å². The molecule has 1 N–H and O–H groups in total. The van der Waals surface area contributed by atoms with E-state index in [1.165, 1.54) is 0 Å². The van der Waals surface area contributed by atoms with Crippen LogP contribution >= 0.6 is 23.2 Å². The first-order valence-electron chi connectivity index (χ1n) is 5.78. The lowest BCUT2D eigenvalue weighted by molar-refractivity contribution is -0.138. The van der Waals surface area contributed by atoms with Crippen LogP contribution in [0.3, 0.4) is 0 Å². The van der Waals surface area contributed by atoms with Gasteiger partial charge in [-0.05, 0) is 24.6 Å². The number of halogens is 2. The first kappa shape index (κ1) is 13.9. The summed E-state index contributed by atoms with van der Waals surface area (Å²) in [6, 6.07) is 12.7. The maximum atomic E-state index is 11.0. The van der Waals surface area contributed by atoms with Crippen molar-refractivity contribution < 1.29 is 9.90 Å². The number of aliphatic carboxylic acids is 1. The first-order valence-corrected chi connectivity index (χ1v) is 6.53. The van der Waals surface area contributed by atoms with E-state index in [2.05, 4.69) is 0 Å². The number of hydrogen-bond acceptors (Lipinski definition) is 1. The molecule has 2 rings (SSSR count). The Hall–Kier alpha value is -1.51. The molecule has 0 bridgehead atoms. The number of carboxylic acids is 1. The average Bonchev–Trinajstić information content (AvgIpc) is 2.38. The molecule has 0 saturated heterocycles. The molecule has 0 radical (unpaired) electrons. The Morgan fingerprint density at radius 2 is 1.68 bits per heavy atom. The third-order valence-electron chi connectivity index (χ3n) is 3.03. The molecule has 2 aromatic carbocycles. The number of carboxylic acid groups (broad SMARTS) is 1. The van der Waals surface area contributed by atoms with Gasteiger partial charge in [0.2, 0.25) is 0 Å². The normalized spacial score (nSPS) is 12.2.